The predicted octanol–water partition coefficient (Wildman–Crippen LogP) is 5.75. The van der Waals surface area contributed by atoms with E-state index in [1.807, 2.05) is 26.2 Å². The zero-order valence-electron chi connectivity index (χ0n) is 23.3. The van der Waals surface area contributed by atoms with Gasteiger partial charge in [-0.25, -0.2) is 16.8 Å². The van der Waals surface area contributed by atoms with Gasteiger partial charge in [0.15, 0.2) is 0 Å². The van der Waals surface area contributed by atoms with E-state index in [9.17, 15) is 21.6 Å². The first-order valence-corrected chi connectivity index (χ1v) is 17.1. The minimum atomic E-state index is -4.12. The van der Waals surface area contributed by atoms with E-state index in [1.165, 1.54) is 48.2 Å². The highest BCUT2D eigenvalue weighted by Gasteiger charge is 2.27. The van der Waals surface area contributed by atoms with Gasteiger partial charge in [-0.1, -0.05) is 12.1 Å². The zero-order chi connectivity index (χ0) is 30.3. The predicted molar refractivity (Wildman–Crippen MR) is 167 cm³/mol. The monoisotopic (exact) mass is 625 g/mol. The number of hydrogen-bond acceptors (Lipinski definition) is 7. The fourth-order valence-electron chi connectivity index (χ4n) is 4.04. The van der Waals surface area contributed by atoms with E-state index < -0.39 is 32.5 Å². The first-order chi connectivity index (χ1) is 20.0. The normalized spacial score (nSPS) is 11.5. The number of amides is 1. The third-order valence-corrected chi connectivity index (χ3v) is 10.0. The number of thioether (sulfide) groups is 1. The maximum absolute atomic E-state index is 13.7. The first-order valence-electron chi connectivity index (χ1n) is 12.9. The molecule has 0 bridgehead atoms. The molecule has 4 rings (SSSR count). The second-order valence-corrected chi connectivity index (χ2v) is 13.6. The van der Waals surface area contributed by atoms with Gasteiger partial charge in [0.25, 0.3) is 20.0 Å². The molecule has 0 aliphatic carbocycles. The number of aryl methyl sites for hydroxylation is 1. The van der Waals surface area contributed by atoms with Crippen molar-refractivity contribution >= 4 is 54.8 Å². The molecule has 4 aromatic rings. The summed E-state index contributed by atoms with van der Waals surface area (Å²) in [5, 5.41) is 2.66. The summed E-state index contributed by atoms with van der Waals surface area (Å²) >= 11 is 1.49. The molecule has 12 heteroatoms. The molecule has 0 fully saturated rings. The molecule has 0 saturated heterocycles. The molecule has 0 spiro atoms. The van der Waals surface area contributed by atoms with Crippen molar-refractivity contribution in [2.24, 2.45) is 0 Å². The van der Waals surface area contributed by atoms with Crippen LogP contribution in [0.4, 0.5) is 17.1 Å². The average molecular weight is 626 g/mol. The molecule has 42 heavy (non-hydrogen) atoms. The maximum Gasteiger partial charge on any atom is 0.264 e. The topological polar surface area (TPSA) is 122 Å². The molecule has 0 aromatic heterocycles. The van der Waals surface area contributed by atoms with E-state index in [4.69, 9.17) is 4.74 Å². The molecule has 2 N–H and O–H groups in total. The molecule has 0 unspecified atom stereocenters. The van der Waals surface area contributed by atoms with Crippen molar-refractivity contribution in [1.82, 2.24) is 0 Å². The van der Waals surface area contributed by atoms with Gasteiger partial charge in [0.05, 0.1) is 22.1 Å². The number of carbonyl (C=O) groups is 1. The smallest absolute Gasteiger partial charge is 0.264 e. The Labute approximate surface area is 251 Å². The van der Waals surface area contributed by atoms with Crippen LogP contribution in [0.15, 0.2) is 112 Å². The Morgan fingerprint density at radius 2 is 1.48 bits per heavy atom. The van der Waals surface area contributed by atoms with Crippen LogP contribution in [0.2, 0.25) is 0 Å². The molecule has 0 saturated carbocycles. The largest absolute Gasteiger partial charge is 0.494 e. The molecule has 0 aliphatic heterocycles. The van der Waals surface area contributed by atoms with E-state index >= 15 is 0 Å². The number of hydrogen-bond donors (Lipinski definition) is 2. The first kappa shape index (κ1) is 30.9. The Kier molecular flexibility index (Phi) is 9.81. The van der Waals surface area contributed by atoms with Crippen LogP contribution < -0.4 is 19.1 Å². The molecular formula is C30H31N3O6S3. The molecule has 0 aliphatic rings. The Hall–Kier alpha value is -4.00. The van der Waals surface area contributed by atoms with Crippen LogP contribution in [0.25, 0.3) is 0 Å². The van der Waals surface area contributed by atoms with Crippen LogP contribution in [0, 0.1) is 6.92 Å². The average Bonchev–Trinajstić information content (AvgIpc) is 2.96. The molecule has 0 atom stereocenters. The quantitative estimate of drug-likeness (QED) is 0.192. The van der Waals surface area contributed by atoms with Crippen molar-refractivity contribution in [2.45, 2.75) is 28.5 Å². The van der Waals surface area contributed by atoms with Crippen LogP contribution in [-0.4, -0.2) is 42.2 Å². The number of sulfonamides is 2. The van der Waals surface area contributed by atoms with E-state index in [0.717, 1.165) is 14.8 Å². The third-order valence-electron chi connectivity index (χ3n) is 6.09. The minimum absolute atomic E-state index is 0.00860. The Morgan fingerprint density at radius 3 is 2.07 bits per heavy atom. The lowest BCUT2D eigenvalue weighted by atomic mass is 10.2. The summed E-state index contributed by atoms with van der Waals surface area (Å²) < 4.78 is 62.0. The minimum Gasteiger partial charge on any atom is -0.494 e. The van der Waals surface area contributed by atoms with Crippen molar-refractivity contribution in [3.63, 3.8) is 0 Å². The highest BCUT2D eigenvalue weighted by atomic mass is 32.2. The van der Waals surface area contributed by atoms with Gasteiger partial charge < -0.3 is 10.1 Å². The second kappa shape index (κ2) is 13.3. The molecule has 9 nitrogen and oxygen atoms in total. The number of rotatable bonds is 12. The molecule has 1 amide bonds. The lowest BCUT2D eigenvalue weighted by Gasteiger charge is -2.24. The standard InChI is InChI=1S/C30H31N3O6S3/c1-4-39-26-12-10-25(11-13-26)33(42(37,38)29-18-14-27(40-3)15-19-29)21-30(34)31-23-8-16-28(17-9-23)41(35,36)32-24-7-5-6-22(2)20-24/h5-20,32H,4,21H2,1-3H3,(H,31,34). The number of nitrogens with one attached hydrogen (secondary N) is 2. The highest BCUT2D eigenvalue weighted by Crippen LogP contribution is 2.27. The Bertz CT molecular complexity index is 1740. The van der Waals surface area contributed by atoms with Crippen LogP contribution in [0.5, 0.6) is 5.75 Å². The van der Waals surface area contributed by atoms with Gasteiger partial charge in [0.1, 0.15) is 12.3 Å². The van der Waals surface area contributed by atoms with Crippen molar-refractivity contribution in [1.29, 1.82) is 0 Å². The van der Waals surface area contributed by atoms with E-state index in [0.29, 0.717) is 23.7 Å². The number of benzene rings is 4. The van der Waals surface area contributed by atoms with Gasteiger partial charge in [-0.05, 0) is 111 Å². The SMILES string of the molecule is CCOc1ccc(N(CC(=O)Nc2ccc(S(=O)(=O)Nc3cccc(C)c3)cc2)S(=O)(=O)c2ccc(SC)cc2)cc1. The summed E-state index contributed by atoms with van der Waals surface area (Å²) in [5.41, 5.74) is 1.94. The van der Waals surface area contributed by atoms with E-state index in [-0.39, 0.29) is 15.5 Å². The number of nitrogens with zero attached hydrogens (tertiary/aromatic N) is 1. The van der Waals surface area contributed by atoms with Crippen LogP contribution >= 0.6 is 11.8 Å². The van der Waals surface area contributed by atoms with Crippen LogP contribution in [0.3, 0.4) is 0 Å². The fraction of sp³-hybridized carbons (Fsp3) is 0.167. The summed E-state index contributed by atoms with van der Waals surface area (Å²) in [7, 11) is -7.97. The van der Waals surface area contributed by atoms with Gasteiger partial charge in [0, 0.05) is 16.3 Å². The second-order valence-electron chi connectivity index (χ2n) is 9.16. The fourth-order valence-corrected chi connectivity index (χ4v) is 6.91. The van der Waals surface area contributed by atoms with Gasteiger partial charge in [-0.15, -0.1) is 11.8 Å². The van der Waals surface area contributed by atoms with Gasteiger partial charge >= 0.3 is 0 Å². The Morgan fingerprint density at radius 1 is 0.833 bits per heavy atom. The molecule has 220 valence electrons. The summed E-state index contributed by atoms with van der Waals surface area (Å²) in [6, 6.07) is 25.4. The van der Waals surface area contributed by atoms with Crippen molar-refractivity contribution in [3.05, 3.63) is 103 Å². The maximum atomic E-state index is 13.7. The van der Waals surface area contributed by atoms with Crippen molar-refractivity contribution in [3.8, 4) is 5.75 Å². The summed E-state index contributed by atoms with van der Waals surface area (Å²) in [6.45, 7) is 3.64. The zero-order valence-corrected chi connectivity index (χ0v) is 25.7. The van der Waals surface area contributed by atoms with Gasteiger partial charge in [0.2, 0.25) is 5.91 Å². The molecule has 4 aromatic carbocycles. The summed E-state index contributed by atoms with van der Waals surface area (Å²) in [4.78, 5) is 14.1. The number of ether oxygens (including phenoxy) is 1. The van der Waals surface area contributed by atoms with Crippen LogP contribution in [0.1, 0.15) is 12.5 Å². The highest BCUT2D eigenvalue weighted by molar-refractivity contribution is 7.98. The Balaban J connectivity index is 1.54. The van der Waals surface area contributed by atoms with E-state index in [2.05, 4.69) is 10.0 Å². The van der Waals surface area contributed by atoms with E-state index in [1.54, 1.807) is 54.6 Å². The summed E-state index contributed by atoms with van der Waals surface area (Å²) in [5.74, 6) is -0.0407. The van der Waals surface area contributed by atoms with Crippen molar-refractivity contribution in [2.75, 3.05) is 33.8 Å². The number of anilines is 3. The van der Waals surface area contributed by atoms with Gasteiger partial charge in [-0.3, -0.25) is 13.8 Å². The molecule has 0 heterocycles. The molecular weight excluding hydrogens is 595 g/mol. The number of carbonyl (C=O) groups excluding carboxylic acids is 1. The summed E-state index contributed by atoms with van der Waals surface area (Å²) in [6.07, 6.45) is 1.89. The molecule has 0 radical (unpaired) electrons. The van der Waals surface area contributed by atoms with Crippen LogP contribution in [-0.2, 0) is 24.8 Å². The lowest BCUT2D eigenvalue weighted by molar-refractivity contribution is -0.114. The third kappa shape index (κ3) is 7.64. The lowest BCUT2D eigenvalue weighted by Crippen LogP contribution is -2.38. The van der Waals surface area contributed by atoms with Gasteiger partial charge in [-0.2, -0.15) is 0 Å². The van der Waals surface area contributed by atoms with Crippen molar-refractivity contribution < 1.29 is 26.4 Å².